The molecular formula is C29H28F3N7O2. The van der Waals surface area contributed by atoms with E-state index < -0.39 is 23.3 Å². The molecule has 12 heteroatoms. The Morgan fingerprint density at radius 3 is 2.63 bits per heavy atom. The number of ether oxygens (including phenoxy) is 1. The second-order valence-corrected chi connectivity index (χ2v) is 10.2. The average Bonchev–Trinajstić information content (AvgIpc) is 3.49. The van der Waals surface area contributed by atoms with E-state index in [2.05, 4.69) is 31.1 Å². The number of nitrogens with zero attached hydrogens (tertiary/aromatic N) is 3. The summed E-state index contributed by atoms with van der Waals surface area (Å²) in [5, 5.41) is 17.5. The minimum Gasteiger partial charge on any atom is -0.493 e. The van der Waals surface area contributed by atoms with E-state index in [9.17, 15) is 18.0 Å². The molecule has 2 aromatic heterocycles. The minimum absolute atomic E-state index is 0.137. The van der Waals surface area contributed by atoms with Crippen LogP contribution in [0.15, 0.2) is 67.0 Å². The number of hydrogen-bond donors (Lipinski definition) is 4. The zero-order valence-corrected chi connectivity index (χ0v) is 22.0. The number of alkyl halides is 3. The first-order valence-electron chi connectivity index (χ1n) is 13.4. The molecule has 0 saturated carbocycles. The summed E-state index contributed by atoms with van der Waals surface area (Å²) in [6, 6.07) is 13.8. The van der Waals surface area contributed by atoms with Crippen molar-refractivity contribution in [3.63, 3.8) is 0 Å². The Kier molecular flexibility index (Phi) is 7.08. The molecular weight excluding hydrogens is 535 g/mol. The van der Waals surface area contributed by atoms with Crippen LogP contribution in [0.1, 0.15) is 52.6 Å². The van der Waals surface area contributed by atoms with Gasteiger partial charge in [-0.05, 0) is 68.4 Å². The van der Waals surface area contributed by atoms with Gasteiger partial charge in [-0.1, -0.05) is 12.1 Å². The number of carbonyl (C=O) groups excluding carboxylic acids is 1. The van der Waals surface area contributed by atoms with Gasteiger partial charge in [0.15, 0.2) is 11.6 Å². The van der Waals surface area contributed by atoms with E-state index in [1.165, 1.54) is 6.07 Å². The third-order valence-electron chi connectivity index (χ3n) is 7.53. The Hall–Kier alpha value is -4.45. The lowest BCUT2D eigenvalue weighted by molar-refractivity contribution is -0.137. The van der Waals surface area contributed by atoms with Crippen LogP contribution in [0, 0.1) is 0 Å². The predicted octanol–water partition coefficient (Wildman–Crippen LogP) is 4.83. The van der Waals surface area contributed by atoms with Gasteiger partial charge >= 0.3 is 6.18 Å². The number of piperidine rings is 1. The van der Waals surface area contributed by atoms with Crippen LogP contribution >= 0.6 is 0 Å². The third kappa shape index (κ3) is 5.60. The first-order valence-corrected chi connectivity index (χ1v) is 13.4. The second kappa shape index (κ2) is 10.8. The van der Waals surface area contributed by atoms with Gasteiger partial charge in [0.1, 0.15) is 5.75 Å². The SMILES string of the molecule is O=C(N[C@@H]1CCOc2cc(C(F)(F)F)ccc21)c1cccc(NC2(c3nc(-c4ccncc4)n[nH]3)CCNCC2)c1. The van der Waals surface area contributed by atoms with E-state index in [-0.39, 0.29) is 18.3 Å². The molecule has 6 rings (SSSR count). The smallest absolute Gasteiger partial charge is 0.416 e. The molecule has 2 aliphatic rings. The Morgan fingerprint density at radius 2 is 1.85 bits per heavy atom. The monoisotopic (exact) mass is 563 g/mol. The van der Waals surface area contributed by atoms with Gasteiger partial charge in [0, 0.05) is 41.2 Å². The standard InChI is InChI=1S/C29H28F3N7O2/c30-29(31,32)20-4-5-22-23(8-15-41-24(22)17-20)35-26(40)19-2-1-3-21(16-19)37-28(9-13-34-14-10-28)27-36-25(38-39-27)18-6-11-33-12-7-18/h1-7,11-12,16-17,23,34,37H,8-10,13-15H2,(H,35,40)(H,36,38,39)/t23-/m1/s1. The van der Waals surface area contributed by atoms with Gasteiger partial charge in [-0.25, -0.2) is 4.98 Å². The van der Waals surface area contributed by atoms with Gasteiger partial charge in [-0.15, -0.1) is 0 Å². The zero-order chi connectivity index (χ0) is 28.5. The van der Waals surface area contributed by atoms with Crippen molar-refractivity contribution < 1.29 is 22.7 Å². The zero-order valence-electron chi connectivity index (χ0n) is 22.0. The number of aromatic nitrogens is 4. The van der Waals surface area contributed by atoms with Crippen molar-refractivity contribution in [1.82, 2.24) is 30.8 Å². The number of fused-ring (bicyclic) bond motifs is 1. The van der Waals surface area contributed by atoms with Crippen LogP contribution < -0.4 is 20.7 Å². The number of hydrogen-bond acceptors (Lipinski definition) is 7. The second-order valence-electron chi connectivity index (χ2n) is 10.2. The highest BCUT2D eigenvalue weighted by atomic mass is 19.4. The molecule has 0 aliphatic carbocycles. The van der Waals surface area contributed by atoms with Crippen molar-refractivity contribution in [2.75, 3.05) is 25.0 Å². The van der Waals surface area contributed by atoms with Crippen molar-refractivity contribution in [2.45, 2.75) is 37.0 Å². The van der Waals surface area contributed by atoms with Crippen LogP contribution in [0.2, 0.25) is 0 Å². The van der Waals surface area contributed by atoms with Crippen molar-refractivity contribution >= 4 is 11.6 Å². The number of amides is 1. The number of anilines is 1. The number of aromatic amines is 1. The molecule has 9 nitrogen and oxygen atoms in total. The quantitative estimate of drug-likeness (QED) is 0.266. The summed E-state index contributed by atoms with van der Waals surface area (Å²) in [5.41, 5.74) is 1.23. The maximum absolute atomic E-state index is 13.3. The summed E-state index contributed by atoms with van der Waals surface area (Å²) in [7, 11) is 0. The molecule has 0 bridgehead atoms. The number of benzene rings is 2. The molecule has 2 aromatic carbocycles. The average molecular weight is 564 g/mol. The highest BCUT2D eigenvalue weighted by molar-refractivity contribution is 5.95. The van der Waals surface area contributed by atoms with Crippen LogP contribution in [0.3, 0.4) is 0 Å². The lowest BCUT2D eigenvalue weighted by Gasteiger charge is -2.37. The molecule has 0 spiro atoms. The first kappa shape index (κ1) is 26.8. The Morgan fingerprint density at radius 1 is 1.05 bits per heavy atom. The summed E-state index contributed by atoms with van der Waals surface area (Å²) in [6.45, 7) is 1.76. The van der Waals surface area contributed by atoms with E-state index in [0.717, 1.165) is 49.3 Å². The highest BCUT2D eigenvalue weighted by Gasteiger charge is 2.38. The molecule has 4 heterocycles. The molecule has 1 saturated heterocycles. The largest absolute Gasteiger partial charge is 0.493 e. The summed E-state index contributed by atoms with van der Waals surface area (Å²) in [4.78, 5) is 22.2. The lowest BCUT2D eigenvalue weighted by atomic mass is 9.87. The van der Waals surface area contributed by atoms with Crippen LogP contribution in [0.25, 0.3) is 11.4 Å². The maximum atomic E-state index is 13.3. The van der Waals surface area contributed by atoms with E-state index in [4.69, 9.17) is 9.72 Å². The minimum atomic E-state index is -4.47. The van der Waals surface area contributed by atoms with Crippen LogP contribution in [-0.4, -0.2) is 45.8 Å². The molecule has 4 aromatic rings. The van der Waals surface area contributed by atoms with Gasteiger partial charge in [0.25, 0.3) is 5.91 Å². The maximum Gasteiger partial charge on any atom is 0.416 e. The van der Waals surface area contributed by atoms with Crippen molar-refractivity contribution in [3.05, 3.63) is 89.5 Å². The Bertz CT molecular complexity index is 1530. The summed E-state index contributed by atoms with van der Waals surface area (Å²) in [5.74, 6) is 1.09. The number of rotatable bonds is 6. The van der Waals surface area contributed by atoms with E-state index in [0.29, 0.717) is 29.2 Å². The lowest BCUT2D eigenvalue weighted by Crippen LogP contribution is -2.46. The molecule has 1 amide bonds. The number of halogens is 3. The molecule has 41 heavy (non-hydrogen) atoms. The predicted molar refractivity (Wildman–Crippen MR) is 145 cm³/mol. The molecule has 0 radical (unpaired) electrons. The van der Waals surface area contributed by atoms with Gasteiger partial charge in [-0.2, -0.15) is 18.3 Å². The van der Waals surface area contributed by atoms with Gasteiger partial charge in [-0.3, -0.25) is 14.9 Å². The van der Waals surface area contributed by atoms with E-state index in [1.54, 1.807) is 30.6 Å². The summed E-state index contributed by atoms with van der Waals surface area (Å²) >= 11 is 0. The Labute approximate surface area is 233 Å². The van der Waals surface area contributed by atoms with Gasteiger partial charge in [0.05, 0.1) is 23.8 Å². The summed E-state index contributed by atoms with van der Waals surface area (Å²) in [6.07, 6.45) is 0.849. The van der Waals surface area contributed by atoms with Gasteiger partial charge in [0.2, 0.25) is 0 Å². The number of H-pyrrole nitrogens is 1. The van der Waals surface area contributed by atoms with E-state index >= 15 is 0 Å². The van der Waals surface area contributed by atoms with E-state index in [1.807, 2.05) is 18.2 Å². The number of pyridine rings is 1. The van der Waals surface area contributed by atoms with Crippen LogP contribution in [0.5, 0.6) is 5.75 Å². The van der Waals surface area contributed by atoms with Crippen molar-refractivity contribution in [2.24, 2.45) is 0 Å². The molecule has 1 atom stereocenters. The molecule has 1 fully saturated rings. The normalized spacial score (nSPS) is 18.2. The fourth-order valence-corrected chi connectivity index (χ4v) is 5.35. The third-order valence-corrected chi connectivity index (χ3v) is 7.53. The topological polar surface area (TPSA) is 117 Å². The molecule has 4 N–H and O–H groups in total. The fraction of sp³-hybridized carbons (Fsp3) is 0.310. The van der Waals surface area contributed by atoms with Crippen molar-refractivity contribution in [3.8, 4) is 17.1 Å². The molecule has 2 aliphatic heterocycles. The van der Waals surface area contributed by atoms with Crippen LogP contribution in [-0.2, 0) is 11.7 Å². The molecule has 0 unspecified atom stereocenters. The Balaban J connectivity index is 1.21. The first-order chi connectivity index (χ1) is 19.8. The molecule has 212 valence electrons. The fourth-order valence-electron chi connectivity index (χ4n) is 5.35. The summed E-state index contributed by atoms with van der Waals surface area (Å²) < 4.78 is 45.0. The van der Waals surface area contributed by atoms with Crippen molar-refractivity contribution in [1.29, 1.82) is 0 Å². The van der Waals surface area contributed by atoms with Crippen LogP contribution in [0.4, 0.5) is 18.9 Å². The number of nitrogens with one attached hydrogen (secondary N) is 4. The number of carbonyl (C=O) groups is 1. The highest BCUT2D eigenvalue weighted by Crippen LogP contribution is 2.38. The van der Waals surface area contributed by atoms with Gasteiger partial charge < -0.3 is 20.7 Å².